The Morgan fingerprint density at radius 3 is 1.02 bits per heavy atom. The second kappa shape index (κ2) is 43.3. The van der Waals surface area contributed by atoms with Crippen molar-refractivity contribution in [1.82, 2.24) is 29.7 Å². The Labute approximate surface area is 751 Å². The summed E-state index contributed by atoms with van der Waals surface area (Å²) in [6, 6.07) is 53.6. The van der Waals surface area contributed by atoms with Gasteiger partial charge in [-0.05, 0) is 110 Å². The fourth-order valence-corrected chi connectivity index (χ4v) is 13.6. The Morgan fingerprint density at radius 1 is 0.389 bits per heavy atom. The molecule has 0 atom stereocenters. The van der Waals surface area contributed by atoms with Gasteiger partial charge in [0.1, 0.15) is 63.8 Å². The van der Waals surface area contributed by atoms with E-state index in [1.165, 1.54) is 91.5 Å². The number of anilines is 4. The van der Waals surface area contributed by atoms with Gasteiger partial charge in [0.15, 0.2) is 23.1 Å². The van der Waals surface area contributed by atoms with Gasteiger partial charge in [-0.1, -0.05) is 179 Å². The number of aromatic hydroxyl groups is 4. The molecule has 0 saturated carbocycles. The third kappa shape index (κ3) is 25.1. The number of nitrogens with zero attached hydrogens (tertiary/aromatic N) is 7. The van der Waals surface area contributed by atoms with Crippen LogP contribution in [0.25, 0.3) is 0 Å². The van der Waals surface area contributed by atoms with Crippen LogP contribution in [0.15, 0.2) is 236 Å². The summed E-state index contributed by atoms with van der Waals surface area (Å²) in [6.45, 7) is 5.72. The number of phenolic OH excluding ortho intramolecular Hbond substituents is 4. The van der Waals surface area contributed by atoms with Gasteiger partial charge in [0.05, 0.1) is 39.8 Å². The second-order valence-corrected chi connectivity index (χ2v) is 30.7. The largest absolute Gasteiger partial charge is 0.508 e. The highest BCUT2D eigenvalue weighted by atomic mass is 35.5. The summed E-state index contributed by atoms with van der Waals surface area (Å²) in [7, 11) is 1.97. The molecule has 28 nitrogen and oxygen atoms in total. The minimum atomic E-state index is -0.574. The molecule has 13 N–H and O–H groups in total. The number of amidine groups is 3. The number of Topliss-reactive ketones (excluding diaryl/α,β-unsaturated/α-hetero) is 4. The molecule has 12 aromatic rings. The number of pyridine rings is 4. The van der Waals surface area contributed by atoms with Crippen LogP contribution in [-0.2, 0) is 30.4 Å². The molecule has 1 saturated heterocycles. The number of aromatic nitrogens is 4. The quantitative estimate of drug-likeness (QED) is 0.0152. The lowest BCUT2D eigenvalue weighted by Gasteiger charge is -2.29. The van der Waals surface area contributed by atoms with Crippen LogP contribution in [0.4, 0.5) is 23.3 Å². The van der Waals surface area contributed by atoms with Gasteiger partial charge < -0.3 is 67.4 Å². The van der Waals surface area contributed by atoms with Crippen molar-refractivity contribution in [2.24, 2.45) is 10.7 Å². The highest BCUT2D eigenvalue weighted by molar-refractivity contribution is 6.33. The zero-order valence-corrected chi connectivity index (χ0v) is 71.5. The van der Waals surface area contributed by atoms with Crippen molar-refractivity contribution in [1.29, 1.82) is 16.2 Å². The Kier molecular flexibility index (Phi) is 31.8. The predicted octanol–water partition coefficient (Wildman–Crippen LogP) is 16.8. The van der Waals surface area contributed by atoms with E-state index in [1.807, 2.05) is 24.1 Å². The van der Waals surface area contributed by atoms with Gasteiger partial charge in [-0.15, -0.1) is 0 Å². The van der Waals surface area contributed by atoms with Gasteiger partial charge in [-0.3, -0.25) is 54.2 Å². The molecule has 0 unspecified atom stereocenters. The van der Waals surface area contributed by atoms with E-state index >= 15 is 0 Å². The molecule has 0 radical (unpaired) electrons. The van der Waals surface area contributed by atoms with Gasteiger partial charge >= 0.3 is 0 Å². The zero-order valence-electron chi connectivity index (χ0n) is 66.9. The lowest BCUT2D eigenvalue weighted by atomic mass is 9.96. The molecular weight excluding hydrogens is 1740 g/mol. The number of morpholine rings is 1. The summed E-state index contributed by atoms with van der Waals surface area (Å²) in [5, 5.41) is 77.4. The molecule has 6 heterocycles. The monoisotopic (exact) mass is 1810 g/mol. The van der Waals surface area contributed by atoms with Gasteiger partial charge in [-0.25, -0.2) is 19.9 Å². The number of nitrogen functional groups attached to an aromatic ring is 1. The number of ether oxygens (including phenoxy) is 1. The van der Waals surface area contributed by atoms with Crippen molar-refractivity contribution in [2.75, 3.05) is 67.7 Å². The summed E-state index contributed by atoms with van der Waals surface area (Å²) in [5.74, 6) is -1.72. The molecule has 8 aromatic carbocycles. The molecule has 4 amide bonds. The fourth-order valence-electron chi connectivity index (χ4n) is 12.7. The number of aliphatic imine (C=N–C) groups is 1. The van der Waals surface area contributed by atoms with Gasteiger partial charge in [-0.2, -0.15) is 0 Å². The van der Waals surface area contributed by atoms with E-state index in [9.17, 15) is 58.8 Å². The molecule has 2 aliphatic heterocycles. The van der Waals surface area contributed by atoms with Gasteiger partial charge in [0.2, 0.25) is 0 Å². The van der Waals surface area contributed by atoms with E-state index in [2.05, 4.69) is 51.1 Å². The molecule has 0 bridgehead atoms. The molecule has 1 fully saturated rings. The number of carbonyl (C=O) groups excluding carboxylic acids is 8. The lowest BCUT2D eigenvalue weighted by molar-refractivity contribution is 0.0680. The Morgan fingerprint density at radius 2 is 0.706 bits per heavy atom. The Balaban J connectivity index is 0.000000164. The van der Waals surface area contributed by atoms with E-state index in [-0.39, 0.29) is 144 Å². The number of hydrogen-bond acceptors (Lipinski definition) is 22. The number of hydrogen-bond donors (Lipinski definition) is 12. The van der Waals surface area contributed by atoms with E-state index in [0.717, 1.165) is 30.1 Å². The van der Waals surface area contributed by atoms with Crippen molar-refractivity contribution in [3.05, 3.63) is 350 Å². The fraction of sp³-hybridized carbons (Fsp3) is 0.130. The van der Waals surface area contributed by atoms with Crippen LogP contribution in [0.3, 0.4) is 0 Å². The van der Waals surface area contributed by atoms with E-state index < -0.39 is 23.6 Å². The number of rotatable bonds is 24. The van der Waals surface area contributed by atoms with Crippen LogP contribution < -0.4 is 27.0 Å². The minimum absolute atomic E-state index is 0.0609. The van der Waals surface area contributed by atoms with Crippen molar-refractivity contribution in [3.63, 3.8) is 0 Å². The molecule has 2 aliphatic rings. The topological polar surface area (TPSA) is 443 Å². The molecule has 4 aromatic heterocycles. The Hall–Kier alpha value is -14.1. The summed E-state index contributed by atoms with van der Waals surface area (Å²) in [4.78, 5) is 127. The summed E-state index contributed by atoms with van der Waals surface area (Å²) >= 11 is 35.4. The van der Waals surface area contributed by atoms with Gasteiger partial charge in [0, 0.05) is 176 Å². The molecule has 34 heteroatoms. The number of amides is 4. The smallest absolute Gasteiger partial charge is 0.257 e. The first-order chi connectivity index (χ1) is 60.3. The number of likely N-dealkylation sites (N-methyl/N-ethyl adjacent to an activating group) is 1. The van der Waals surface area contributed by atoms with E-state index in [1.54, 1.807) is 134 Å². The molecule has 126 heavy (non-hydrogen) atoms. The van der Waals surface area contributed by atoms with Crippen molar-refractivity contribution in [3.8, 4) is 23.0 Å². The Bertz CT molecular complexity index is 5980. The zero-order chi connectivity index (χ0) is 90.4. The van der Waals surface area contributed by atoms with Gasteiger partial charge in [0.25, 0.3) is 23.6 Å². The lowest BCUT2D eigenvalue weighted by Crippen LogP contribution is -2.40. The first kappa shape index (κ1) is 92.6. The van der Waals surface area contributed by atoms with E-state index in [4.69, 9.17) is 96.3 Å². The van der Waals surface area contributed by atoms with Crippen molar-refractivity contribution < 1.29 is 63.5 Å². The number of phenols is 4. The number of halogens is 6. The highest BCUT2D eigenvalue weighted by Gasteiger charge is 2.27. The maximum Gasteiger partial charge on any atom is 0.257 e. The summed E-state index contributed by atoms with van der Waals surface area (Å²) in [6.07, 6.45) is 4.86. The number of carbonyl (C=O) groups is 8. The normalized spacial score (nSPS) is 11.9. The van der Waals surface area contributed by atoms with Crippen LogP contribution >= 0.6 is 69.6 Å². The average molecular weight is 1810 g/mol. The third-order valence-electron chi connectivity index (χ3n) is 19.4. The molecule has 0 spiro atoms. The molecular formula is C92H77Cl6N15O13. The maximum absolute atomic E-state index is 13.0. The first-order valence-corrected chi connectivity index (χ1v) is 40.6. The van der Waals surface area contributed by atoms with Crippen LogP contribution in [0, 0.1) is 16.2 Å². The maximum atomic E-state index is 13.0. The molecule has 14 rings (SSSR count). The number of ketones is 4. The van der Waals surface area contributed by atoms with Crippen molar-refractivity contribution >= 4 is 163 Å². The van der Waals surface area contributed by atoms with E-state index in [0.29, 0.717) is 103 Å². The predicted molar refractivity (Wildman–Crippen MR) is 486 cm³/mol. The SMILES string of the molecule is CC(=N)c1ccc(C(=O)Cc2c(O)cccc2C(=O)Nc2ccc(Cl)cn2)cc1.CN1CCN=C1c1ccc(C(=O)Cc2c(O)cc(Cl)cc2C(=O)Nc2ccc(Cl)cn2)cc1.N=C(N)c1ccc(C(=O)Cc2c(O)cccc2C(=O)Nc2ccc(Cl)cn2)cc1.N=C(c1ccc(C(=O)Cc2c(O)cc(Cl)cc2C(=O)Nc2ccc(Cl)cn2)cc1)N1CCOCC1. The summed E-state index contributed by atoms with van der Waals surface area (Å²) in [5.41, 5.74) is 11.6. The molecule has 640 valence electrons. The first-order valence-electron chi connectivity index (χ1n) is 38.3. The second-order valence-electron chi connectivity index (χ2n) is 28.1. The van der Waals surface area contributed by atoms with Crippen LogP contribution in [0.5, 0.6) is 23.0 Å². The van der Waals surface area contributed by atoms with Crippen molar-refractivity contribution in [2.45, 2.75) is 32.6 Å². The minimum Gasteiger partial charge on any atom is -0.508 e. The van der Waals surface area contributed by atoms with Crippen LogP contribution in [-0.4, -0.2) is 167 Å². The van der Waals surface area contributed by atoms with Crippen LogP contribution in [0.1, 0.15) is 134 Å². The van der Waals surface area contributed by atoms with Crippen LogP contribution in [0.2, 0.25) is 30.1 Å². The third-order valence-corrected chi connectivity index (χ3v) is 20.7. The number of benzene rings is 8. The summed E-state index contributed by atoms with van der Waals surface area (Å²) < 4.78 is 5.33. The molecule has 0 aliphatic carbocycles. The number of nitrogens with one attached hydrogen (secondary N) is 7. The average Bonchev–Trinajstić information content (AvgIpc) is 1.07. The number of nitrogens with two attached hydrogens (primary N) is 1. The standard InChI is InChI=1S/C25H22Cl2N4O4.C24H20Cl2N4O3.C22H18ClN3O3.C21H17ClN4O3/c26-17-5-6-23(29-14-17)30-25(34)20-11-18(27)12-22(33)19(20)13-21(32)15-1-3-16(4-2-15)24(28)31-7-9-35-10-8-31;1-30-9-8-27-23(30)15-4-2-14(3-5-15)20(31)12-18-19(10-17(26)11-21(18)32)24(33)29-22-7-6-16(25)13-28-22;1-13(24)14-5-7-15(8-6-14)20(28)11-18-17(3-2-4-19(18)27)22(29)26-21-10-9-16(23)12-25-21;22-14-8-9-19(25-11-14)26-21(29)15-2-1-3-17(27)16(15)10-18(28)12-4-6-13(7-5-12)20(23)24/h1-6,11-12,14,28,33H,7-10,13H2,(H,29,30,34);2-7,10-11,13,32H,8-9,12H2,1H3,(H,28,29,33);2-10,12,24,27H,11H2,1H3,(H,25,26,29);1-9,11,27H,10H2,(H3,23,24)(H,25,26,29). The highest BCUT2D eigenvalue weighted by Crippen LogP contribution is 2.33.